The fourth-order valence-corrected chi connectivity index (χ4v) is 5.77. The van der Waals surface area contributed by atoms with Gasteiger partial charge in [0.2, 0.25) is 0 Å². The first-order chi connectivity index (χ1) is 10.7. The lowest BCUT2D eigenvalue weighted by atomic mass is 10.0. The van der Waals surface area contributed by atoms with Crippen molar-refractivity contribution in [1.82, 2.24) is 4.98 Å². The highest BCUT2D eigenvalue weighted by atomic mass is 28.4. The van der Waals surface area contributed by atoms with E-state index in [1.807, 2.05) is 24.3 Å². The maximum atomic E-state index is 11.1. The van der Waals surface area contributed by atoms with Gasteiger partial charge in [-0.15, -0.1) is 0 Å². The Labute approximate surface area is 133 Å². The van der Waals surface area contributed by atoms with Crippen LogP contribution in [0, 0.1) is 0 Å². The van der Waals surface area contributed by atoms with E-state index in [1.165, 1.54) is 0 Å². The van der Waals surface area contributed by atoms with E-state index in [4.69, 9.17) is 4.43 Å². The van der Waals surface area contributed by atoms with Crippen molar-refractivity contribution in [1.29, 1.82) is 0 Å². The standard InChI is InChI=1S/C18H25NO2Si/c1-4-22(5-2,6-3)21-18(11-13-20)16-9-10-17-15(14-16)8-7-12-19-17/h7-10,12-14,18H,4-6,11H2,1-3H3/t18-/m1/s1. The van der Waals surface area contributed by atoms with E-state index in [1.54, 1.807) is 6.20 Å². The molecule has 0 aliphatic heterocycles. The Balaban J connectivity index is 2.34. The van der Waals surface area contributed by atoms with E-state index in [2.05, 4.69) is 31.8 Å². The topological polar surface area (TPSA) is 39.2 Å². The molecule has 2 rings (SSSR count). The molecule has 0 fully saturated rings. The fraction of sp³-hybridized carbons (Fsp3) is 0.444. The van der Waals surface area contributed by atoms with Crippen LogP contribution in [0.5, 0.6) is 0 Å². The van der Waals surface area contributed by atoms with Gasteiger partial charge in [0.25, 0.3) is 0 Å². The minimum Gasteiger partial charge on any atom is -0.410 e. The number of carbonyl (C=O) groups is 1. The summed E-state index contributed by atoms with van der Waals surface area (Å²) in [4.78, 5) is 15.5. The summed E-state index contributed by atoms with van der Waals surface area (Å²) in [7, 11) is -1.74. The fourth-order valence-electron chi connectivity index (χ4n) is 2.94. The second kappa shape index (κ2) is 7.65. The van der Waals surface area contributed by atoms with Gasteiger partial charge in [0.15, 0.2) is 8.32 Å². The van der Waals surface area contributed by atoms with Crippen LogP contribution in [-0.2, 0) is 9.22 Å². The first-order valence-corrected chi connectivity index (χ1v) is 10.7. The molecule has 0 aliphatic rings. The number of carbonyl (C=O) groups excluding carboxylic acids is 1. The molecule has 0 unspecified atom stereocenters. The van der Waals surface area contributed by atoms with Crippen molar-refractivity contribution in [2.75, 3.05) is 0 Å². The first kappa shape index (κ1) is 16.8. The van der Waals surface area contributed by atoms with Crippen molar-refractivity contribution < 1.29 is 9.22 Å². The van der Waals surface area contributed by atoms with Crippen LogP contribution in [-0.4, -0.2) is 19.6 Å². The zero-order chi connectivity index (χ0) is 16.0. The van der Waals surface area contributed by atoms with Crippen molar-refractivity contribution in [3.63, 3.8) is 0 Å². The molecular formula is C18H25NO2Si. The Morgan fingerprint density at radius 2 is 1.91 bits per heavy atom. The molecule has 2 aromatic rings. The lowest BCUT2D eigenvalue weighted by Crippen LogP contribution is -2.37. The number of aromatic nitrogens is 1. The number of fused-ring (bicyclic) bond motifs is 1. The highest BCUT2D eigenvalue weighted by Crippen LogP contribution is 2.32. The summed E-state index contributed by atoms with van der Waals surface area (Å²) in [6.45, 7) is 6.63. The van der Waals surface area contributed by atoms with Crippen molar-refractivity contribution in [2.45, 2.75) is 51.4 Å². The summed E-state index contributed by atoms with van der Waals surface area (Å²) in [6.07, 6.45) is 3.05. The Morgan fingerprint density at radius 3 is 2.55 bits per heavy atom. The maximum Gasteiger partial charge on any atom is 0.192 e. The third-order valence-corrected chi connectivity index (χ3v) is 9.28. The van der Waals surface area contributed by atoms with Crippen molar-refractivity contribution in [3.8, 4) is 0 Å². The maximum absolute atomic E-state index is 11.1. The zero-order valence-corrected chi connectivity index (χ0v) is 14.7. The Bertz CT molecular complexity index is 617. The summed E-state index contributed by atoms with van der Waals surface area (Å²) in [5, 5.41) is 1.09. The highest BCUT2D eigenvalue weighted by Gasteiger charge is 2.32. The largest absolute Gasteiger partial charge is 0.410 e. The summed E-state index contributed by atoms with van der Waals surface area (Å²) in [5.74, 6) is 0. The minimum absolute atomic E-state index is 0.131. The summed E-state index contributed by atoms with van der Waals surface area (Å²) in [6, 6.07) is 13.4. The monoisotopic (exact) mass is 315 g/mol. The van der Waals surface area contributed by atoms with Crippen LogP contribution in [0.1, 0.15) is 38.9 Å². The van der Waals surface area contributed by atoms with Crippen molar-refractivity contribution in [2.24, 2.45) is 0 Å². The van der Waals surface area contributed by atoms with E-state index in [9.17, 15) is 4.79 Å². The number of nitrogens with zero attached hydrogens (tertiary/aromatic N) is 1. The van der Waals surface area contributed by atoms with Crippen LogP contribution >= 0.6 is 0 Å². The normalized spacial score (nSPS) is 13.2. The van der Waals surface area contributed by atoms with Crippen LogP contribution < -0.4 is 0 Å². The summed E-state index contributed by atoms with van der Waals surface area (Å²) < 4.78 is 6.55. The van der Waals surface area contributed by atoms with Gasteiger partial charge in [0.05, 0.1) is 11.6 Å². The number of hydrogen-bond donors (Lipinski definition) is 0. The Kier molecular flexibility index (Phi) is 5.86. The molecule has 3 nitrogen and oxygen atoms in total. The van der Waals surface area contributed by atoms with Gasteiger partial charge in [-0.05, 0) is 41.9 Å². The van der Waals surface area contributed by atoms with Gasteiger partial charge in [0, 0.05) is 18.0 Å². The Hall–Kier alpha value is -1.52. The predicted octanol–water partition coefficient (Wildman–Crippen LogP) is 4.89. The number of benzene rings is 1. The van der Waals surface area contributed by atoms with E-state index in [0.717, 1.165) is 40.9 Å². The van der Waals surface area contributed by atoms with Gasteiger partial charge in [-0.2, -0.15) is 0 Å². The Morgan fingerprint density at radius 1 is 1.18 bits per heavy atom. The predicted molar refractivity (Wildman–Crippen MR) is 93.4 cm³/mol. The summed E-state index contributed by atoms with van der Waals surface area (Å²) in [5.41, 5.74) is 2.06. The number of rotatable bonds is 8. The average Bonchev–Trinajstić information content (AvgIpc) is 2.58. The SMILES string of the molecule is CC[Si](CC)(CC)O[C@H](CC=O)c1ccc2ncccc2c1. The van der Waals surface area contributed by atoms with Crippen LogP contribution in [0.2, 0.25) is 18.1 Å². The molecule has 1 heterocycles. The quantitative estimate of drug-likeness (QED) is 0.514. The zero-order valence-electron chi connectivity index (χ0n) is 13.7. The first-order valence-electron chi connectivity index (χ1n) is 8.14. The number of aldehydes is 1. The van der Waals surface area contributed by atoms with Gasteiger partial charge < -0.3 is 9.22 Å². The van der Waals surface area contributed by atoms with E-state index >= 15 is 0 Å². The van der Waals surface area contributed by atoms with Crippen LogP contribution in [0.3, 0.4) is 0 Å². The van der Waals surface area contributed by atoms with E-state index < -0.39 is 8.32 Å². The molecule has 1 atom stereocenters. The second-order valence-electron chi connectivity index (χ2n) is 5.71. The molecule has 22 heavy (non-hydrogen) atoms. The minimum atomic E-state index is -1.74. The molecule has 118 valence electrons. The second-order valence-corrected chi connectivity index (χ2v) is 10.4. The van der Waals surface area contributed by atoms with Crippen LogP contribution in [0.15, 0.2) is 36.5 Å². The number of hydrogen-bond acceptors (Lipinski definition) is 3. The molecule has 4 heteroatoms. The van der Waals surface area contributed by atoms with Crippen LogP contribution in [0.4, 0.5) is 0 Å². The molecule has 1 aromatic carbocycles. The molecule has 0 amide bonds. The van der Waals surface area contributed by atoms with Crippen molar-refractivity contribution in [3.05, 3.63) is 42.1 Å². The molecule has 0 saturated carbocycles. The molecule has 0 aliphatic carbocycles. The van der Waals surface area contributed by atoms with Gasteiger partial charge in [-0.1, -0.05) is 32.9 Å². The molecule has 0 N–H and O–H groups in total. The third-order valence-electron chi connectivity index (χ3n) is 4.63. The third kappa shape index (κ3) is 3.62. The lowest BCUT2D eigenvalue weighted by Gasteiger charge is -2.33. The van der Waals surface area contributed by atoms with E-state index in [-0.39, 0.29) is 6.10 Å². The number of pyridine rings is 1. The molecule has 0 spiro atoms. The molecule has 1 aromatic heterocycles. The van der Waals surface area contributed by atoms with Crippen LogP contribution in [0.25, 0.3) is 10.9 Å². The molecule has 0 radical (unpaired) electrons. The molecular weight excluding hydrogens is 290 g/mol. The van der Waals surface area contributed by atoms with Crippen molar-refractivity contribution >= 4 is 25.5 Å². The van der Waals surface area contributed by atoms with Gasteiger partial charge in [-0.3, -0.25) is 4.98 Å². The summed E-state index contributed by atoms with van der Waals surface area (Å²) >= 11 is 0. The van der Waals surface area contributed by atoms with Gasteiger partial charge in [0.1, 0.15) is 6.29 Å². The van der Waals surface area contributed by atoms with E-state index in [0.29, 0.717) is 6.42 Å². The lowest BCUT2D eigenvalue weighted by molar-refractivity contribution is -0.109. The highest BCUT2D eigenvalue weighted by molar-refractivity contribution is 6.73. The van der Waals surface area contributed by atoms with Gasteiger partial charge in [-0.25, -0.2) is 0 Å². The molecule has 0 bridgehead atoms. The molecule has 0 saturated heterocycles. The average molecular weight is 315 g/mol. The van der Waals surface area contributed by atoms with Gasteiger partial charge >= 0.3 is 0 Å². The smallest absolute Gasteiger partial charge is 0.192 e.